The van der Waals surface area contributed by atoms with Crippen LogP contribution >= 0.6 is 0 Å². The van der Waals surface area contributed by atoms with Crippen LogP contribution in [-0.4, -0.2) is 39.8 Å². The number of nitrogens with one attached hydrogen (secondary N) is 1. The first-order valence-corrected chi connectivity index (χ1v) is 7.76. The Hall–Kier alpha value is -3.02. The van der Waals surface area contributed by atoms with Gasteiger partial charge in [0.25, 0.3) is 0 Å². The average molecular weight is 343 g/mol. The van der Waals surface area contributed by atoms with E-state index in [0.717, 1.165) is 23.4 Å². The molecule has 0 spiro atoms. The number of benzene rings is 2. The fourth-order valence-corrected chi connectivity index (χ4v) is 2.36. The summed E-state index contributed by atoms with van der Waals surface area (Å²) in [5, 5.41) is 3.23. The zero-order chi connectivity index (χ0) is 18.2. The highest BCUT2D eigenvalue weighted by Gasteiger charge is 2.18. The van der Waals surface area contributed by atoms with Crippen molar-refractivity contribution in [2.75, 3.05) is 33.2 Å². The van der Waals surface area contributed by atoms with Gasteiger partial charge in [-0.3, -0.25) is 0 Å². The number of carbonyl (C=O) groups excluding carboxylic acids is 2. The molecule has 25 heavy (non-hydrogen) atoms. The third kappa shape index (κ3) is 4.73. The second kappa shape index (κ2) is 8.73. The van der Waals surface area contributed by atoms with E-state index in [0.29, 0.717) is 6.54 Å². The summed E-state index contributed by atoms with van der Waals surface area (Å²) in [6.45, 7) is 0.671. The molecule has 0 aliphatic rings. The molecule has 0 atom stereocenters. The molecule has 1 N–H and O–H groups in total. The molecule has 0 heterocycles. The summed E-state index contributed by atoms with van der Waals surface area (Å²) < 4.78 is 14.6. The Kier molecular flexibility index (Phi) is 6.39. The predicted octanol–water partition coefficient (Wildman–Crippen LogP) is 2.92. The lowest BCUT2D eigenvalue weighted by molar-refractivity contribution is 0.0555. The minimum absolute atomic E-state index is 0.170. The van der Waals surface area contributed by atoms with Gasteiger partial charge in [-0.05, 0) is 42.3 Å². The minimum Gasteiger partial charge on any atom is -0.497 e. The highest BCUT2D eigenvalue weighted by molar-refractivity contribution is 6.03. The number of carbonyl (C=O) groups is 2. The van der Waals surface area contributed by atoms with Crippen molar-refractivity contribution in [2.45, 2.75) is 6.42 Å². The van der Waals surface area contributed by atoms with E-state index in [1.165, 1.54) is 14.2 Å². The number of methoxy groups -OCH3 is 3. The van der Waals surface area contributed by atoms with Crippen LogP contribution in [0.15, 0.2) is 42.5 Å². The van der Waals surface area contributed by atoms with Crippen LogP contribution in [-0.2, 0) is 15.9 Å². The van der Waals surface area contributed by atoms with E-state index in [-0.39, 0.29) is 11.1 Å². The monoisotopic (exact) mass is 343 g/mol. The molecule has 0 amide bonds. The van der Waals surface area contributed by atoms with Gasteiger partial charge in [-0.2, -0.15) is 0 Å². The van der Waals surface area contributed by atoms with Crippen molar-refractivity contribution in [3.05, 3.63) is 59.2 Å². The Morgan fingerprint density at radius 1 is 0.880 bits per heavy atom. The van der Waals surface area contributed by atoms with Crippen LogP contribution in [0.1, 0.15) is 26.3 Å². The van der Waals surface area contributed by atoms with E-state index < -0.39 is 11.9 Å². The van der Waals surface area contributed by atoms with E-state index in [9.17, 15) is 9.59 Å². The van der Waals surface area contributed by atoms with Gasteiger partial charge in [0.15, 0.2) is 0 Å². The number of hydrogen-bond acceptors (Lipinski definition) is 6. The molecule has 0 aromatic heterocycles. The van der Waals surface area contributed by atoms with Crippen LogP contribution in [0.25, 0.3) is 0 Å². The molecule has 6 heteroatoms. The van der Waals surface area contributed by atoms with Gasteiger partial charge in [-0.15, -0.1) is 0 Å². The lowest BCUT2D eigenvalue weighted by Crippen LogP contribution is -2.13. The Balaban J connectivity index is 2.06. The number of ether oxygens (including phenoxy) is 3. The van der Waals surface area contributed by atoms with Gasteiger partial charge in [0.2, 0.25) is 0 Å². The number of anilines is 1. The van der Waals surface area contributed by atoms with Gasteiger partial charge < -0.3 is 19.5 Å². The number of hydrogen-bond donors (Lipinski definition) is 1. The van der Waals surface area contributed by atoms with E-state index in [2.05, 4.69) is 5.32 Å². The number of rotatable bonds is 7. The topological polar surface area (TPSA) is 73.9 Å². The van der Waals surface area contributed by atoms with Crippen molar-refractivity contribution >= 4 is 17.6 Å². The van der Waals surface area contributed by atoms with Gasteiger partial charge in [0, 0.05) is 12.2 Å². The van der Waals surface area contributed by atoms with Crippen molar-refractivity contribution in [3.8, 4) is 5.75 Å². The maximum atomic E-state index is 11.9. The molecule has 0 bridgehead atoms. The summed E-state index contributed by atoms with van der Waals surface area (Å²) in [6, 6.07) is 12.7. The SMILES string of the molecule is COC(=O)c1ccc(NCCc2ccc(OC)cc2)cc1C(=O)OC. The Morgan fingerprint density at radius 3 is 2.12 bits per heavy atom. The molecule has 0 saturated heterocycles. The normalized spacial score (nSPS) is 10.0. The Bertz CT molecular complexity index is 740. The predicted molar refractivity (Wildman–Crippen MR) is 94.3 cm³/mol. The molecule has 0 radical (unpaired) electrons. The van der Waals surface area contributed by atoms with Crippen LogP contribution in [0.4, 0.5) is 5.69 Å². The first-order chi connectivity index (χ1) is 12.1. The highest BCUT2D eigenvalue weighted by atomic mass is 16.5. The second-order valence-electron chi connectivity index (χ2n) is 5.27. The Morgan fingerprint density at radius 2 is 1.52 bits per heavy atom. The highest BCUT2D eigenvalue weighted by Crippen LogP contribution is 2.18. The fraction of sp³-hybridized carbons (Fsp3) is 0.263. The molecule has 6 nitrogen and oxygen atoms in total. The molecule has 0 unspecified atom stereocenters. The molecular formula is C19H21NO5. The lowest BCUT2D eigenvalue weighted by atomic mass is 10.1. The van der Waals surface area contributed by atoms with Gasteiger partial charge in [-0.1, -0.05) is 12.1 Å². The van der Waals surface area contributed by atoms with Crippen molar-refractivity contribution in [2.24, 2.45) is 0 Å². The first kappa shape index (κ1) is 18.3. The molecule has 0 aliphatic carbocycles. The van der Waals surface area contributed by atoms with Crippen molar-refractivity contribution in [1.82, 2.24) is 0 Å². The molecule has 2 aromatic rings. The van der Waals surface area contributed by atoms with E-state index >= 15 is 0 Å². The van der Waals surface area contributed by atoms with Crippen molar-refractivity contribution in [1.29, 1.82) is 0 Å². The van der Waals surface area contributed by atoms with Gasteiger partial charge in [0.1, 0.15) is 5.75 Å². The summed E-state index contributed by atoms with van der Waals surface area (Å²) >= 11 is 0. The van der Waals surface area contributed by atoms with Crippen molar-refractivity contribution < 1.29 is 23.8 Å². The summed E-state index contributed by atoms with van der Waals surface area (Å²) in [4.78, 5) is 23.6. The van der Waals surface area contributed by atoms with Gasteiger partial charge in [-0.25, -0.2) is 9.59 Å². The molecule has 2 aromatic carbocycles. The van der Waals surface area contributed by atoms with E-state index in [1.807, 2.05) is 24.3 Å². The third-order valence-corrected chi connectivity index (χ3v) is 3.73. The maximum absolute atomic E-state index is 11.9. The maximum Gasteiger partial charge on any atom is 0.338 e. The fourth-order valence-electron chi connectivity index (χ4n) is 2.36. The van der Waals surface area contributed by atoms with Gasteiger partial charge in [0.05, 0.1) is 32.5 Å². The van der Waals surface area contributed by atoms with E-state index in [1.54, 1.807) is 25.3 Å². The Labute approximate surface area is 146 Å². The van der Waals surface area contributed by atoms with Crippen LogP contribution < -0.4 is 10.1 Å². The van der Waals surface area contributed by atoms with Crippen molar-refractivity contribution in [3.63, 3.8) is 0 Å². The van der Waals surface area contributed by atoms with Crippen LogP contribution in [0.2, 0.25) is 0 Å². The summed E-state index contributed by atoms with van der Waals surface area (Å²) in [7, 11) is 4.17. The molecular weight excluding hydrogens is 322 g/mol. The van der Waals surface area contributed by atoms with E-state index in [4.69, 9.17) is 14.2 Å². The molecule has 2 rings (SSSR count). The first-order valence-electron chi connectivity index (χ1n) is 7.76. The van der Waals surface area contributed by atoms with Crippen LogP contribution in [0, 0.1) is 0 Å². The molecule has 132 valence electrons. The summed E-state index contributed by atoms with van der Waals surface area (Å²) in [5.74, 6) is -0.345. The number of esters is 2. The molecule has 0 aliphatic heterocycles. The quantitative estimate of drug-likeness (QED) is 0.779. The smallest absolute Gasteiger partial charge is 0.338 e. The second-order valence-corrected chi connectivity index (χ2v) is 5.27. The van der Waals surface area contributed by atoms with Gasteiger partial charge >= 0.3 is 11.9 Å². The summed E-state index contributed by atoms with van der Waals surface area (Å²) in [5.41, 5.74) is 2.23. The van der Waals surface area contributed by atoms with Crippen LogP contribution in [0.5, 0.6) is 5.75 Å². The summed E-state index contributed by atoms with van der Waals surface area (Å²) in [6.07, 6.45) is 0.802. The van der Waals surface area contributed by atoms with Crippen LogP contribution in [0.3, 0.4) is 0 Å². The minimum atomic E-state index is -0.584. The zero-order valence-corrected chi connectivity index (χ0v) is 14.5. The molecule has 0 fully saturated rings. The third-order valence-electron chi connectivity index (χ3n) is 3.73. The standard InChI is InChI=1S/C19H21NO5/c1-23-15-7-4-13(5-8-15)10-11-20-14-6-9-16(18(21)24-2)17(12-14)19(22)25-3/h4-9,12,20H,10-11H2,1-3H3. The lowest BCUT2D eigenvalue weighted by Gasteiger charge is -2.11. The molecule has 0 saturated carbocycles. The zero-order valence-electron chi connectivity index (χ0n) is 14.5. The average Bonchev–Trinajstić information content (AvgIpc) is 2.67. The largest absolute Gasteiger partial charge is 0.497 e.